The van der Waals surface area contributed by atoms with Crippen LogP contribution in [0.4, 0.5) is 0 Å². The highest BCUT2D eigenvalue weighted by Gasteiger charge is 2.11. The SMILES string of the molecule is CC(C)CN(Cc1ccccc1)Cc1cc(=O)n2ccccc2n1. The first-order chi connectivity index (χ1) is 11.6. The predicted octanol–water partition coefficient (Wildman–Crippen LogP) is 3.35. The van der Waals surface area contributed by atoms with Crippen LogP contribution in [0, 0.1) is 5.92 Å². The fourth-order valence-electron chi connectivity index (χ4n) is 2.96. The van der Waals surface area contributed by atoms with Gasteiger partial charge in [0, 0.05) is 31.9 Å². The van der Waals surface area contributed by atoms with Crippen molar-refractivity contribution in [2.75, 3.05) is 6.54 Å². The molecule has 0 aliphatic rings. The zero-order valence-corrected chi connectivity index (χ0v) is 14.2. The summed E-state index contributed by atoms with van der Waals surface area (Å²) in [6, 6.07) is 17.7. The molecule has 0 bridgehead atoms. The van der Waals surface area contributed by atoms with E-state index in [4.69, 9.17) is 0 Å². The number of hydrogen-bond acceptors (Lipinski definition) is 3. The van der Waals surface area contributed by atoms with Gasteiger partial charge in [-0.2, -0.15) is 0 Å². The number of fused-ring (bicyclic) bond motifs is 1. The van der Waals surface area contributed by atoms with Gasteiger partial charge in [-0.1, -0.05) is 50.2 Å². The molecule has 24 heavy (non-hydrogen) atoms. The number of aromatic nitrogens is 2. The molecule has 0 N–H and O–H groups in total. The number of hydrogen-bond donors (Lipinski definition) is 0. The molecular formula is C20H23N3O. The Hall–Kier alpha value is -2.46. The molecule has 0 atom stereocenters. The van der Waals surface area contributed by atoms with Crippen LogP contribution >= 0.6 is 0 Å². The summed E-state index contributed by atoms with van der Waals surface area (Å²) in [6.45, 7) is 6.91. The topological polar surface area (TPSA) is 37.6 Å². The molecule has 0 fully saturated rings. The van der Waals surface area contributed by atoms with Gasteiger partial charge >= 0.3 is 0 Å². The zero-order chi connectivity index (χ0) is 16.9. The largest absolute Gasteiger partial charge is 0.293 e. The van der Waals surface area contributed by atoms with Crippen molar-refractivity contribution in [3.05, 3.63) is 82.4 Å². The van der Waals surface area contributed by atoms with Crippen LogP contribution in [0.1, 0.15) is 25.1 Å². The van der Waals surface area contributed by atoms with Gasteiger partial charge in [0.15, 0.2) is 0 Å². The fraction of sp³-hybridized carbons (Fsp3) is 0.300. The van der Waals surface area contributed by atoms with E-state index in [0.717, 1.165) is 18.8 Å². The van der Waals surface area contributed by atoms with E-state index in [2.05, 4.69) is 48.0 Å². The van der Waals surface area contributed by atoms with E-state index < -0.39 is 0 Å². The molecule has 3 aromatic rings. The predicted molar refractivity (Wildman–Crippen MR) is 96.9 cm³/mol. The first kappa shape index (κ1) is 16.4. The Morgan fingerprint density at radius 3 is 2.54 bits per heavy atom. The van der Waals surface area contributed by atoms with Crippen LogP contribution in [0.5, 0.6) is 0 Å². The molecule has 0 spiro atoms. The Balaban J connectivity index is 1.85. The minimum atomic E-state index is -0.0280. The van der Waals surface area contributed by atoms with Gasteiger partial charge in [0.1, 0.15) is 5.65 Å². The van der Waals surface area contributed by atoms with E-state index in [1.54, 1.807) is 16.7 Å². The second-order valence-electron chi connectivity index (χ2n) is 6.56. The van der Waals surface area contributed by atoms with Gasteiger partial charge in [-0.25, -0.2) is 4.98 Å². The lowest BCUT2D eigenvalue weighted by Crippen LogP contribution is -2.28. The molecule has 0 amide bonds. The monoisotopic (exact) mass is 321 g/mol. The van der Waals surface area contributed by atoms with Crippen molar-refractivity contribution in [3.8, 4) is 0 Å². The van der Waals surface area contributed by atoms with E-state index in [-0.39, 0.29) is 5.56 Å². The molecule has 0 saturated heterocycles. The smallest absolute Gasteiger partial charge is 0.258 e. The Kier molecular flexibility index (Phi) is 5.06. The Bertz CT molecular complexity index is 855. The van der Waals surface area contributed by atoms with E-state index in [9.17, 15) is 4.79 Å². The standard InChI is InChI=1S/C20H23N3O/c1-16(2)13-22(14-17-8-4-3-5-9-17)15-18-12-20(24)23-11-7-6-10-19(23)21-18/h3-12,16H,13-15H2,1-2H3. The minimum absolute atomic E-state index is 0.0280. The van der Waals surface area contributed by atoms with Crippen LogP contribution in [0.2, 0.25) is 0 Å². The summed E-state index contributed by atoms with van der Waals surface area (Å²) in [5.74, 6) is 0.551. The quantitative estimate of drug-likeness (QED) is 0.699. The van der Waals surface area contributed by atoms with Crippen molar-refractivity contribution in [3.63, 3.8) is 0 Å². The average molecular weight is 321 g/mol. The maximum atomic E-state index is 12.3. The van der Waals surface area contributed by atoms with Crippen LogP contribution in [0.25, 0.3) is 5.65 Å². The van der Waals surface area contributed by atoms with Gasteiger partial charge in [0.2, 0.25) is 0 Å². The third kappa shape index (κ3) is 4.09. The van der Waals surface area contributed by atoms with E-state index in [1.807, 2.05) is 24.3 Å². The molecular weight excluding hydrogens is 298 g/mol. The average Bonchev–Trinajstić information content (AvgIpc) is 2.55. The highest BCUT2D eigenvalue weighted by molar-refractivity contribution is 5.38. The summed E-state index contributed by atoms with van der Waals surface area (Å²) < 4.78 is 1.58. The highest BCUT2D eigenvalue weighted by atomic mass is 16.1. The zero-order valence-electron chi connectivity index (χ0n) is 14.2. The molecule has 0 radical (unpaired) electrons. The van der Waals surface area contributed by atoms with Crippen LogP contribution in [0.3, 0.4) is 0 Å². The van der Waals surface area contributed by atoms with Gasteiger partial charge in [-0.05, 0) is 23.6 Å². The lowest BCUT2D eigenvalue weighted by atomic mass is 10.1. The highest BCUT2D eigenvalue weighted by Crippen LogP contribution is 2.11. The second-order valence-corrected chi connectivity index (χ2v) is 6.56. The fourth-order valence-corrected chi connectivity index (χ4v) is 2.96. The van der Waals surface area contributed by atoms with Crippen molar-refractivity contribution in [1.29, 1.82) is 0 Å². The summed E-state index contributed by atoms with van der Waals surface area (Å²) in [5.41, 5.74) is 2.77. The van der Waals surface area contributed by atoms with Crippen molar-refractivity contribution >= 4 is 5.65 Å². The first-order valence-electron chi connectivity index (χ1n) is 8.35. The summed E-state index contributed by atoms with van der Waals surface area (Å²) in [4.78, 5) is 19.3. The second kappa shape index (κ2) is 7.41. The summed E-state index contributed by atoms with van der Waals surface area (Å²) >= 11 is 0. The number of benzene rings is 1. The molecule has 0 aliphatic carbocycles. The van der Waals surface area contributed by atoms with Crippen molar-refractivity contribution < 1.29 is 0 Å². The number of pyridine rings is 1. The summed E-state index contributed by atoms with van der Waals surface area (Å²) in [5, 5.41) is 0. The van der Waals surface area contributed by atoms with E-state index in [0.29, 0.717) is 18.1 Å². The van der Waals surface area contributed by atoms with Gasteiger partial charge in [0.25, 0.3) is 5.56 Å². The molecule has 3 rings (SSSR count). The molecule has 1 aromatic carbocycles. The first-order valence-corrected chi connectivity index (χ1v) is 8.35. The normalized spacial score (nSPS) is 11.5. The van der Waals surface area contributed by atoms with Gasteiger partial charge < -0.3 is 0 Å². The summed E-state index contributed by atoms with van der Waals surface area (Å²) in [6.07, 6.45) is 1.75. The minimum Gasteiger partial charge on any atom is -0.293 e. The lowest BCUT2D eigenvalue weighted by Gasteiger charge is -2.24. The molecule has 2 heterocycles. The van der Waals surface area contributed by atoms with Gasteiger partial charge in [-0.15, -0.1) is 0 Å². The van der Waals surface area contributed by atoms with Crippen molar-refractivity contribution in [2.45, 2.75) is 26.9 Å². The van der Waals surface area contributed by atoms with Crippen LogP contribution in [0.15, 0.2) is 65.6 Å². The molecule has 0 aliphatic heterocycles. The Morgan fingerprint density at radius 1 is 1.04 bits per heavy atom. The van der Waals surface area contributed by atoms with Crippen LogP contribution in [-0.4, -0.2) is 20.8 Å². The number of nitrogens with zero attached hydrogens (tertiary/aromatic N) is 3. The Morgan fingerprint density at radius 2 is 1.79 bits per heavy atom. The van der Waals surface area contributed by atoms with Gasteiger partial charge in [-0.3, -0.25) is 14.1 Å². The third-order valence-electron chi connectivity index (χ3n) is 3.88. The van der Waals surface area contributed by atoms with Crippen LogP contribution < -0.4 is 5.56 Å². The van der Waals surface area contributed by atoms with Gasteiger partial charge in [0.05, 0.1) is 5.69 Å². The van der Waals surface area contributed by atoms with Crippen LogP contribution in [-0.2, 0) is 13.1 Å². The third-order valence-corrected chi connectivity index (χ3v) is 3.88. The molecule has 2 aromatic heterocycles. The molecule has 0 saturated carbocycles. The molecule has 124 valence electrons. The van der Waals surface area contributed by atoms with Crippen molar-refractivity contribution in [1.82, 2.24) is 14.3 Å². The maximum absolute atomic E-state index is 12.3. The molecule has 4 heteroatoms. The maximum Gasteiger partial charge on any atom is 0.258 e. The lowest BCUT2D eigenvalue weighted by molar-refractivity contribution is 0.225. The van der Waals surface area contributed by atoms with Crippen molar-refractivity contribution in [2.24, 2.45) is 5.92 Å². The Labute approximate surface area is 142 Å². The van der Waals surface area contributed by atoms with E-state index >= 15 is 0 Å². The van der Waals surface area contributed by atoms with E-state index in [1.165, 1.54) is 5.56 Å². The molecule has 0 unspecified atom stereocenters. The number of rotatable bonds is 6. The molecule has 4 nitrogen and oxygen atoms in total. The summed E-state index contributed by atoms with van der Waals surface area (Å²) in [7, 11) is 0.